The van der Waals surface area contributed by atoms with Crippen molar-refractivity contribution in [2.24, 2.45) is 0 Å². The van der Waals surface area contributed by atoms with Crippen LogP contribution < -0.4 is 4.74 Å². The van der Waals surface area contributed by atoms with Gasteiger partial charge < -0.3 is 9.84 Å². The number of rotatable bonds is 1. The van der Waals surface area contributed by atoms with Crippen LogP contribution in [-0.4, -0.2) is 11.1 Å². The summed E-state index contributed by atoms with van der Waals surface area (Å²) in [6.45, 7) is 9.24. The molecule has 0 atom stereocenters. The zero-order valence-corrected chi connectivity index (χ0v) is 10.4. The number of esters is 1. The molecular formula is C13H18O3. The van der Waals surface area contributed by atoms with Gasteiger partial charge >= 0.3 is 5.97 Å². The van der Waals surface area contributed by atoms with E-state index < -0.39 is 5.97 Å². The predicted octanol–water partition coefficient (Wildman–Crippen LogP) is 2.92. The van der Waals surface area contributed by atoms with E-state index >= 15 is 0 Å². The van der Waals surface area contributed by atoms with Gasteiger partial charge in [0, 0.05) is 12.5 Å². The normalized spacial score (nSPS) is 11.3. The van der Waals surface area contributed by atoms with Crippen LogP contribution >= 0.6 is 0 Å². The van der Waals surface area contributed by atoms with E-state index in [4.69, 9.17) is 4.74 Å². The summed E-state index contributed by atoms with van der Waals surface area (Å²) < 4.78 is 5.07. The smallest absolute Gasteiger partial charge is 0.308 e. The van der Waals surface area contributed by atoms with Gasteiger partial charge in [-0.15, -0.1) is 0 Å². The summed E-state index contributed by atoms with van der Waals surface area (Å²) in [4.78, 5) is 11.0. The van der Waals surface area contributed by atoms with Crippen LogP contribution in [0.3, 0.4) is 0 Å². The summed E-state index contributed by atoms with van der Waals surface area (Å²) in [7, 11) is 0. The zero-order chi connectivity index (χ0) is 12.5. The molecule has 0 spiro atoms. The topological polar surface area (TPSA) is 46.5 Å². The molecule has 0 bridgehead atoms. The number of ether oxygens (including phenoxy) is 1. The lowest BCUT2D eigenvalue weighted by molar-refractivity contribution is -0.132. The number of carbonyl (C=O) groups excluding carboxylic acids is 1. The van der Waals surface area contributed by atoms with Gasteiger partial charge in [-0.2, -0.15) is 0 Å². The van der Waals surface area contributed by atoms with Gasteiger partial charge in [-0.3, -0.25) is 4.79 Å². The highest BCUT2D eigenvalue weighted by molar-refractivity contribution is 5.71. The van der Waals surface area contributed by atoms with Crippen molar-refractivity contribution < 1.29 is 14.6 Å². The number of aryl methyl sites for hydroxylation is 1. The first-order chi connectivity index (χ1) is 7.21. The third kappa shape index (κ3) is 2.75. The molecule has 3 nitrogen and oxygen atoms in total. The lowest BCUT2D eigenvalue weighted by Gasteiger charge is -2.23. The van der Waals surface area contributed by atoms with Gasteiger partial charge in [-0.1, -0.05) is 26.8 Å². The van der Waals surface area contributed by atoms with E-state index in [2.05, 4.69) is 0 Å². The quantitative estimate of drug-likeness (QED) is 0.587. The molecular weight excluding hydrogens is 204 g/mol. The molecule has 88 valence electrons. The van der Waals surface area contributed by atoms with Gasteiger partial charge in [0.1, 0.15) is 0 Å². The number of phenolic OH excluding ortho intramolecular Hbond substituents is 1. The lowest BCUT2D eigenvalue weighted by atomic mass is 9.85. The summed E-state index contributed by atoms with van der Waals surface area (Å²) >= 11 is 0. The van der Waals surface area contributed by atoms with E-state index in [1.165, 1.54) is 6.92 Å². The fourth-order valence-corrected chi connectivity index (χ4v) is 1.56. The molecule has 0 heterocycles. The highest BCUT2D eigenvalue weighted by Gasteiger charge is 2.23. The Labute approximate surface area is 96.1 Å². The molecule has 0 aliphatic heterocycles. The van der Waals surface area contributed by atoms with Gasteiger partial charge in [0.2, 0.25) is 0 Å². The Kier molecular flexibility index (Phi) is 3.27. The molecule has 0 aromatic heterocycles. The third-order valence-corrected chi connectivity index (χ3v) is 2.27. The summed E-state index contributed by atoms with van der Waals surface area (Å²) in [6.07, 6.45) is 0. The first-order valence-electron chi connectivity index (χ1n) is 5.24. The second kappa shape index (κ2) is 4.16. The molecule has 0 amide bonds. The van der Waals surface area contributed by atoms with Gasteiger partial charge in [-0.05, 0) is 24.0 Å². The van der Waals surface area contributed by atoms with E-state index in [1.807, 2.05) is 33.8 Å². The molecule has 0 aliphatic rings. The van der Waals surface area contributed by atoms with E-state index in [9.17, 15) is 9.90 Å². The van der Waals surface area contributed by atoms with Crippen LogP contribution in [0.5, 0.6) is 11.5 Å². The molecule has 1 rings (SSSR count). The Morgan fingerprint density at radius 3 is 2.31 bits per heavy atom. The summed E-state index contributed by atoms with van der Waals surface area (Å²) in [6, 6.07) is 3.52. The lowest BCUT2D eigenvalue weighted by Crippen LogP contribution is -2.15. The first kappa shape index (κ1) is 12.6. The van der Waals surface area contributed by atoms with Crippen LogP contribution in [0.25, 0.3) is 0 Å². The second-order valence-electron chi connectivity index (χ2n) is 5.00. The van der Waals surface area contributed by atoms with Crippen molar-refractivity contribution in [3.05, 3.63) is 23.3 Å². The Morgan fingerprint density at radius 1 is 1.31 bits per heavy atom. The van der Waals surface area contributed by atoms with Crippen LogP contribution in [0.1, 0.15) is 38.8 Å². The van der Waals surface area contributed by atoms with E-state index in [1.54, 1.807) is 6.07 Å². The highest BCUT2D eigenvalue weighted by atomic mass is 16.5. The maximum Gasteiger partial charge on any atom is 0.308 e. The number of carbonyl (C=O) groups is 1. The largest absolute Gasteiger partial charge is 0.504 e. The van der Waals surface area contributed by atoms with E-state index in [-0.39, 0.29) is 16.9 Å². The van der Waals surface area contributed by atoms with Crippen LogP contribution in [0.4, 0.5) is 0 Å². The van der Waals surface area contributed by atoms with E-state index in [0.29, 0.717) is 0 Å². The minimum atomic E-state index is -0.426. The Morgan fingerprint density at radius 2 is 1.88 bits per heavy atom. The van der Waals surface area contributed by atoms with Crippen LogP contribution in [0, 0.1) is 6.92 Å². The second-order valence-corrected chi connectivity index (χ2v) is 5.00. The van der Waals surface area contributed by atoms with Gasteiger partial charge in [0.15, 0.2) is 11.5 Å². The maximum atomic E-state index is 11.0. The van der Waals surface area contributed by atoms with Crippen molar-refractivity contribution >= 4 is 5.97 Å². The maximum absolute atomic E-state index is 11.0. The molecule has 16 heavy (non-hydrogen) atoms. The Bertz CT molecular complexity index is 414. The van der Waals surface area contributed by atoms with Gasteiger partial charge in [0.25, 0.3) is 0 Å². The Balaban J connectivity index is 3.38. The molecule has 1 aromatic carbocycles. The molecule has 0 radical (unpaired) electrons. The minimum absolute atomic E-state index is 0.0140. The first-order valence-corrected chi connectivity index (χ1v) is 5.24. The average molecular weight is 222 g/mol. The molecule has 0 aliphatic carbocycles. The number of phenols is 1. The molecule has 3 heteroatoms. The minimum Gasteiger partial charge on any atom is -0.504 e. The predicted molar refractivity (Wildman–Crippen MR) is 62.9 cm³/mol. The summed E-state index contributed by atoms with van der Waals surface area (Å²) in [5.41, 5.74) is 1.59. The van der Waals surface area contributed by atoms with Crippen molar-refractivity contribution in [1.82, 2.24) is 0 Å². The number of benzene rings is 1. The zero-order valence-electron chi connectivity index (χ0n) is 10.4. The molecule has 0 saturated carbocycles. The van der Waals surface area contributed by atoms with Crippen molar-refractivity contribution in [1.29, 1.82) is 0 Å². The molecule has 1 N–H and O–H groups in total. The van der Waals surface area contributed by atoms with Crippen LogP contribution in [-0.2, 0) is 10.2 Å². The van der Waals surface area contributed by atoms with Crippen molar-refractivity contribution in [2.45, 2.75) is 40.0 Å². The number of hydrogen-bond acceptors (Lipinski definition) is 3. The number of hydrogen-bond donors (Lipinski definition) is 1. The van der Waals surface area contributed by atoms with Crippen molar-refractivity contribution in [2.75, 3.05) is 0 Å². The van der Waals surface area contributed by atoms with Crippen molar-refractivity contribution in [3.8, 4) is 11.5 Å². The average Bonchev–Trinajstić information content (AvgIpc) is 2.06. The molecule has 0 unspecified atom stereocenters. The highest BCUT2D eigenvalue weighted by Crippen LogP contribution is 2.39. The fourth-order valence-electron chi connectivity index (χ4n) is 1.56. The Hall–Kier alpha value is -1.51. The van der Waals surface area contributed by atoms with Crippen LogP contribution in [0.15, 0.2) is 12.1 Å². The monoisotopic (exact) mass is 222 g/mol. The molecule has 0 saturated heterocycles. The molecule has 0 fully saturated rings. The SMILES string of the molecule is CC(=O)Oc1c(O)cc(C)cc1C(C)(C)C. The fraction of sp³-hybridized carbons (Fsp3) is 0.462. The van der Waals surface area contributed by atoms with Gasteiger partial charge in [0.05, 0.1) is 0 Å². The summed E-state index contributed by atoms with van der Waals surface area (Å²) in [5, 5.41) is 9.81. The molecule has 1 aromatic rings. The third-order valence-electron chi connectivity index (χ3n) is 2.27. The summed E-state index contributed by atoms with van der Waals surface area (Å²) in [5.74, 6) is -0.143. The van der Waals surface area contributed by atoms with Gasteiger partial charge in [-0.25, -0.2) is 0 Å². The standard InChI is InChI=1S/C13H18O3/c1-8-6-10(13(3,4)5)12(11(15)7-8)16-9(2)14/h6-7,15H,1-5H3. The van der Waals surface area contributed by atoms with Crippen LogP contribution in [0.2, 0.25) is 0 Å². The van der Waals surface area contributed by atoms with E-state index in [0.717, 1.165) is 11.1 Å². The van der Waals surface area contributed by atoms with Crippen molar-refractivity contribution in [3.63, 3.8) is 0 Å². The number of aromatic hydroxyl groups is 1.